The molecule has 0 bridgehead atoms. The van der Waals surface area contributed by atoms with Gasteiger partial charge in [-0.15, -0.1) is 0 Å². The Kier molecular flexibility index (Phi) is 4.23. The predicted octanol–water partition coefficient (Wildman–Crippen LogP) is 10.7. The van der Waals surface area contributed by atoms with Crippen molar-refractivity contribution >= 4 is 55.4 Å². The van der Waals surface area contributed by atoms with Crippen LogP contribution in [0.25, 0.3) is 66.1 Å². The van der Waals surface area contributed by atoms with Crippen molar-refractivity contribution in [3.63, 3.8) is 0 Å². The highest BCUT2D eigenvalue weighted by molar-refractivity contribution is 7.99. The Balaban J connectivity index is 1.37. The van der Waals surface area contributed by atoms with Gasteiger partial charge in [-0.25, -0.2) is 0 Å². The van der Waals surface area contributed by atoms with Crippen LogP contribution in [-0.4, -0.2) is 9.13 Å². The largest absolute Gasteiger partial charge is 0.309 e. The number of nitrogens with zero attached hydrogens (tertiary/aromatic N) is 2. The molecule has 0 saturated carbocycles. The smallest absolute Gasteiger partial charge is 0.0688 e. The molecule has 2 aromatic heterocycles. The maximum atomic E-state index is 2.50. The summed E-state index contributed by atoms with van der Waals surface area (Å²) in [6.45, 7) is 4.70. The summed E-state index contributed by atoms with van der Waals surface area (Å²) >= 11 is 1.90. The van der Waals surface area contributed by atoms with Gasteiger partial charge in [0.25, 0.3) is 0 Å². The molecule has 0 unspecified atom stereocenters. The van der Waals surface area contributed by atoms with E-state index in [9.17, 15) is 0 Å². The third-order valence-electron chi connectivity index (χ3n) is 9.69. The fourth-order valence-electron chi connectivity index (χ4n) is 7.88. The predicted molar refractivity (Wildman–Crippen MR) is 177 cm³/mol. The van der Waals surface area contributed by atoms with Crippen LogP contribution in [0, 0.1) is 0 Å². The Morgan fingerprint density at radius 2 is 1.19 bits per heavy atom. The molecule has 1 aliphatic carbocycles. The van der Waals surface area contributed by atoms with Gasteiger partial charge in [0, 0.05) is 42.4 Å². The Morgan fingerprint density at radius 1 is 0.524 bits per heavy atom. The van der Waals surface area contributed by atoms with Crippen LogP contribution in [0.3, 0.4) is 0 Å². The first-order valence-electron chi connectivity index (χ1n) is 14.6. The topological polar surface area (TPSA) is 9.86 Å². The van der Waals surface area contributed by atoms with Gasteiger partial charge in [-0.2, -0.15) is 0 Å². The average molecular weight is 555 g/mol. The lowest BCUT2D eigenvalue weighted by Gasteiger charge is -2.22. The summed E-state index contributed by atoms with van der Waals surface area (Å²) in [5, 5.41) is 5.29. The Labute approximate surface area is 247 Å². The molecule has 0 spiro atoms. The highest BCUT2D eigenvalue weighted by atomic mass is 32.2. The van der Waals surface area contributed by atoms with E-state index < -0.39 is 0 Å². The van der Waals surface area contributed by atoms with Crippen molar-refractivity contribution < 1.29 is 0 Å². The van der Waals surface area contributed by atoms with E-state index in [2.05, 4.69) is 144 Å². The second-order valence-electron chi connectivity index (χ2n) is 12.2. The molecule has 2 nitrogen and oxygen atoms in total. The molecule has 198 valence electrons. The molecule has 2 aliphatic rings. The van der Waals surface area contributed by atoms with Crippen LogP contribution in [0.4, 0.5) is 0 Å². The van der Waals surface area contributed by atoms with Crippen LogP contribution in [0.1, 0.15) is 25.0 Å². The Bertz CT molecular complexity index is 2470. The van der Waals surface area contributed by atoms with Gasteiger partial charge in [0.2, 0.25) is 0 Å². The average Bonchev–Trinajstić information content (AvgIpc) is 3.62. The summed E-state index contributed by atoms with van der Waals surface area (Å²) < 4.78 is 4.99. The molecule has 3 heterocycles. The van der Waals surface area contributed by atoms with Gasteiger partial charge in [-0.05, 0) is 64.7 Å². The first kappa shape index (κ1) is 22.9. The minimum atomic E-state index is -0.00647. The maximum Gasteiger partial charge on any atom is 0.0688 e. The molecule has 0 radical (unpaired) electrons. The Hall–Kier alpha value is -4.73. The molecule has 0 saturated heterocycles. The molecule has 42 heavy (non-hydrogen) atoms. The molecule has 3 heteroatoms. The molecular formula is C39H26N2S. The fraction of sp³-hybridized carbons (Fsp3) is 0.0769. The molecule has 0 amide bonds. The molecule has 1 aliphatic heterocycles. The Morgan fingerprint density at radius 3 is 2.05 bits per heavy atom. The standard InChI is InChI=1S/C39H26N2S/c1-39(2)28-14-6-3-11-24(28)27-21-23(19-20-29(27)39)40-30-15-7-4-12-25(30)36-33(40)22-35-38-37(36)26-13-5-8-16-31(26)41(38)32-17-9-10-18-34(32)42-35/h3-22H,1-2H3. The quantitative estimate of drug-likeness (QED) is 0.196. The summed E-state index contributed by atoms with van der Waals surface area (Å²) in [7, 11) is 0. The van der Waals surface area contributed by atoms with Crippen LogP contribution in [0.15, 0.2) is 131 Å². The second-order valence-corrected chi connectivity index (χ2v) is 13.3. The van der Waals surface area contributed by atoms with Crippen molar-refractivity contribution in [1.82, 2.24) is 9.13 Å². The van der Waals surface area contributed by atoms with E-state index in [1.165, 1.54) is 87.0 Å². The van der Waals surface area contributed by atoms with Gasteiger partial charge in [0.15, 0.2) is 0 Å². The number of hydrogen-bond acceptors (Lipinski definition) is 1. The lowest BCUT2D eigenvalue weighted by atomic mass is 9.82. The number of para-hydroxylation sites is 3. The van der Waals surface area contributed by atoms with Crippen LogP contribution >= 0.6 is 11.8 Å². The lowest BCUT2D eigenvalue weighted by molar-refractivity contribution is 0.660. The van der Waals surface area contributed by atoms with Crippen LogP contribution < -0.4 is 0 Å². The summed E-state index contributed by atoms with van der Waals surface area (Å²) in [6.07, 6.45) is 0. The number of rotatable bonds is 1. The van der Waals surface area contributed by atoms with Crippen molar-refractivity contribution in [1.29, 1.82) is 0 Å². The maximum absolute atomic E-state index is 2.50. The number of fused-ring (bicyclic) bond motifs is 12. The minimum absolute atomic E-state index is 0.00647. The molecule has 0 atom stereocenters. The second kappa shape index (κ2) is 7.76. The van der Waals surface area contributed by atoms with Gasteiger partial charge >= 0.3 is 0 Å². The summed E-state index contributed by atoms with van der Waals surface area (Å²) in [4.78, 5) is 2.61. The molecule has 10 rings (SSSR count). The summed E-state index contributed by atoms with van der Waals surface area (Å²) in [5.41, 5.74) is 13.1. The van der Waals surface area contributed by atoms with E-state index in [0.717, 1.165) is 0 Å². The van der Waals surface area contributed by atoms with E-state index in [-0.39, 0.29) is 5.41 Å². The first-order valence-corrected chi connectivity index (χ1v) is 15.4. The summed E-state index contributed by atoms with van der Waals surface area (Å²) in [6, 6.07) is 45.2. The molecule has 0 N–H and O–H groups in total. The van der Waals surface area contributed by atoms with Crippen molar-refractivity contribution in [3.05, 3.63) is 132 Å². The van der Waals surface area contributed by atoms with E-state index in [1.807, 2.05) is 11.8 Å². The van der Waals surface area contributed by atoms with Gasteiger partial charge in [0.05, 0.1) is 27.8 Å². The normalized spacial score (nSPS) is 14.5. The lowest BCUT2D eigenvalue weighted by Crippen LogP contribution is -2.14. The van der Waals surface area contributed by atoms with Gasteiger partial charge in [0.1, 0.15) is 0 Å². The van der Waals surface area contributed by atoms with Gasteiger partial charge in [-0.1, -0.05) is 104 Å². The minimum Gasteiger partial charge on any atom is -0.309 e. The molecule has 8 aromatic rings. The van der Waals surface area contributed by atoms with Crippen molar-refractivity contribution in [2.75, 3.05) is 0 Å². The highest BCUT2D eigenvalue weighted by Crippen LogP contribution is 2.52. The highest BCUT2D eigenvalue weighted by Gasteiger charge is 2.35. The molecule has 0 fully saturated rings. The van der Waals surface area contributed by atoms with Gasteiger partial charge in [-0.3, -0.25) is 0 Å². The monoisotopic (exact) mass is 554 g/mol. The van der Waals surface area contributed by atoms with Crippen LogP contribution in [0.5, 0.6) is 0 Å². The number of hydrogen-bond donors (Lipinski definition) is 0. The number of benzene rings is 6. The zero-order chi connectivity index (χ0) is 27.7. The van der Waals surface area contributed by atoms with Crippen LogP contribution in [-0.2, 0) is 5.41 Å². The molecular weight excluding hydrogens is 529 g/mol. The SMILES string of the molecule is CC1(C)c2ccccc2-c2cc(-n3c4ccccc4c4c5c6ccccc6n6c5c(cc43)Sc3ccccc3-6)ccc21. The van der Waals surface area contributed by atoms with Gasteiger partial charge < -0.3 is 9.13 Å². The van der Waals surface area contributed by atoms with E-state index in [4.69, 9.17) is 0 Å². The zero-order valence-corrected chi connectivity index (χ0v) is 24.2. The number of aromatic nitrogens is 2. The first-order chi connectivity index (χ1) is 20.6. The third-order valence-corrected chi connectivity index (χ3v) is 10.8. The van der Waals surface area contributed by atoms with Crippen molar-refractivity contribution in [3.8, 4) is 22.5 Å². The summed E-state index contributed by atoms with van der Waals surface area (Å²) in [5.74, 6) is 0. The van der Waals surface area contributed by atoms with E-state index in [0.29, 0.717) is 0 Å². The van der Waals surface area contributed by atoms with Crippen LogP contribution in [0.2, 0.25) is 0 Å². The fourth-order valence-corrected chi connectivity index (χ4v) is 8.99. The zero-order valence-electron chi connectivity index (χ0n) is 23.3. The van der Waals surface area contributed by atoms with E-state index >= 15 is 0 Å². The van der Waals surface area contributed by atoms with Crippen molar-refractivity contribution in [2.45, 2.75) is 29.1 Å². The third kappa shape index (κ3) is 2.68. The van der Waals surface area contributed by atoms with Crippen molar-refractivity contribution in [2.24, 2.45) is 0 Å². The van der Waals surface area contributed by atoms with E-state index in [1.54, 1.807) is 0 Å². The molecule has 6 aromatic carbocycles.